The maximum absolute atomic E-state index is 12.5. The fraction of sp³-hybridized carbons (Fsp3) is 0.429. The Bertz CT molecular complexity index is 579. The number of carbonyl (C=O) groups is 1. The van der Waals surface area contributed by atoms with E-state index in [-0.39, 0.29) is 11.8 Å². The molecular formula is C14H17N3O2S. The minimum absolute atomic E-state index is 0.0730. The van der Waals surface area contributed by atoms with E-state index in [1.807, 2.05) is 27.9 Å². The van der Waals surface area contributed by atoms with Gasteiger partial charge in [0.05, 0.1) is 18.7 Å². The monoisotopic (exact) mass is 291 g/mol. The molecule has 6 heteroatoms. The molecule has 1 atom stereocenters. The van der Waals surface area contributed by atoms with E-state index < -0.39 is 0 Å². The molecule has 0 saturated carbocycles. The van der Waals surface area contributed by atoms with E-state index in [0.29, 0.717) is 19.7 Å². The first kappa shape index (κ1) is 13.3. The maximum Gasteiger partial charge on any atom is 0.255 e. The Hall–Kier alpha value is -1.66. The van der Waals surface area contributed by atoms with Crippen molar-refractivity contribution in [2.45, 2.75) is 13.1 Å². The highest BCUT2D eigenvalue weighted by molar-refractivity contribution is 7.08. The van der Waals surface area contributed by atoms with E-state index in [0.717, 1.165) is 17.9 Å². The van der Waals surface area contributed by atoms with Gasteiger partial charge in [0, 0.05) is 43.9 Å². The first-order chi connectivity index (χ1) is 9.78. The number of thiophene rings is 1. The molecule has 1 aliphatic heterocycles. The van der Waals surface area contributed by atoms with E-state index in [4.69, 9.17) is 4.74 Å². The van der Waals surface area contributed by atoms with Crippen molar-refractivity contribution in [1.29, 1.82) is 0 Å². The van der Waals surface area contributed by atoms with E-state index in [1.54, 1.807) is 24.6 Å². The van der Waals surface area contributed by atoms with Crippen LogP contribution in [-0.2, 0) is 17.8 Å². The highest BCUT2D eigenvalue weighted by atomic mass is 32.1. The zero-order chi connectivity index (χ0) is 13.9. The lowest BCUT2D eigenvalue weighted by molar-refractivity contribution is 0.0666. The fourth-order valence-corrected chi connectivity index (χ4v) is 3.24. The summed E-state index contributed by atoms with van der Waals surface area (Å²) < 4.78 is 7.39. The number of hydrogen-bond acceptors (Lipinski definition) is 4. The van der Waals surface area contributed by atoms with Crippen LogP contribution < -0.4 is 0 Å². The topological polar surface area (TPSA) is 47.4 Å². The Labute approximate surface area is 121 Å². The highest BCUT2D eigenvalue weighted by Gasteiger charge is 2.26. The quantitative estimate of drug-likeness (QED) is 0.867. The lowest BCUT2D eigenvalue weighted by Gasteiger charge is -2.23. The number of fused-ring (bicyclic) bond motifs is 1. The second kappa shape index (κ2) is 5.76. The lowest BCUT2D eigenvalue weighted by atomic mass is 10.1. The molecule has 0 aliphatic carbocycles. The van der Waals surface area contributed by atoms with Gasteiger partial charge in [-0.25, -0.2) is 4.98 Å². The van der Waals surface area contributed by atoms with Gasteiger partial charge in [-0.3, -0.25) is 4.79 Å². The molecule has 0 aromatic carbocycles. The number of hydrogen-bond donors (Lipinski definition) is 0. The zero-order valence-corrected chi connectivity index (χ0v) is 12.2. The van der Waals surface area contributed by atoms with Gasteiger partial charge in [0.15, 0.2) is 0 Å². The second-order valence-corrected chi connectivity index (χ2v) is 5.79. The molecule has 2 aromatic rings. The molecule has 0 fully saturated rings. The third-order valence-corrected chi connectivity index (χ3v) is 4.21. The first-order valence-electron chi connectivity index (χ1n) is 6.58. The molecule has 5 nitrogen and oxygen atoms in total. The Morgan fingerprint density at radius 3 is 3.20 bits per heavy atom. The Morgan fingerprint density at radius 2 is 2.45 bits per heavy atom. The van der Waals surface area contributed by atoms with E-state index in [9.17, 15) is 4.79 Å². The molecule has 0 bridgehead atoms. The van der Waals surface area contributed by atoms with Crippen molar-refractivity contribution in [3.63, 3.8) is 0 Å². The largest absolute Gasteiger partial charge is 0.384 e. The van der Waals surface area contributed by atoms with Gasteiger partial charge in [-0.1, -0.05) is 0 Å². The van der Waals surface area contributed by atoms with Crippen molar-refractivity contribution in [1.82, 2.24) is 14.5 Å². The minimum Gasteiger partial charge on any atom is -0.384 e. The predicted octanol–water partition coefficient (Wildman–Crippen LogP) is 1.86. The highest BCUT2D eigenvalue weighted by Crippen LogP contribution is 2.19. The van der Waals surface area contributed by atoms with Gasteiger partial charge < -0.3 is 14.2 Å². The second-order valence-electron chi connectivity index (χ2n) is 5.01. The third-order valence-electron chi connectivity index (χ3n) is 3.53. The van der Waals surface area contributed by atoms with E-state index in [2.05, 4.69) is 9.55 Å². The van der Waals surface area contributed by atoms with Gasteiger partial charge in [0.2, 0.25) is 0 Å². The number of ether oxygens (including phenoxy) is 1. The molecule has 1 aliphatic rings. The Kier molecular flexibility index (Phi) is 3.84. The van der Waals surface area contributed by atoms with Crippen LogP contribution in [0.2, 0.25) is 0 Å². The summed E-state index contributed by atoms with van der Waals surface area (Å²) in [6.07, 6.45) is 3.76. The summed E-state index contributed by atoms with van der Waals surface area (Å²) in [4.78, 5) is 18.8. The Balaban J connectivity index is 1.85. The van der Waals surface area contributed by atoms with Crippen LogP contribution in [0.1, 0.15) is 16.2 Å². The molecule has 0 radical (unpaired) electrons. The number of methoxy groups -OCH3 is 1. The maximum atomic E-state index is 12.5. The van der Waals surface area contributed by atoms with Gasteiger partial charge in [-0.2, -0.15) is 11.3 Å². The van der Waals surface area contributed by atoms with E-state index >= 15 is 0 Å². The molecule has 106 valence electrons. The van der Waals surface area contributed by atoms with Crippen LogP contribution in [0.25, 0.3) is 0 Å². The lowest BCUT2D eigenvalue weighted by Crippen LogP contribution is -2.35. The summed E-state index contributed by atoms with van der Waals surface area (Å²) in [5.41, 5.74) is 0.756. The Morgan fingerprint density at radius 1 is 1.55 bits per heavy atom. The average molecular weight is 291 g/mol. The summed E-state index contributed by atoms with van der Waals surface area (Å²) in [6, 6.07) is 1.87. The van der Waals surface area contributed by atoms with Gasteiger partial charge in [-0.15, -0.1) is 0 Å². The number of amides is 1. The SMILES string of the molecule is COC[C@H]1CN(C(=O)c2ccsc2)Cc2nccn2C1. The van der Waals surface area contributed by atoms with Crippen molar-refractivity contribution in [2.24, 2.45) is 5.92 Å². The van der Waals surface area contributed by atoms with Crippen molar-refractivity contribution in [3.8, 4) is 0 Å². The molecule has 0 spiro atoms. The minimum atomic E-state index is 0.0730. The molecular weight excluding hydrogens is 274 g/mol. The van der Waals surface area contributed by atoms with Crippen LogP contribution >= 0.6 is 11.3 Å². The summed E-state index contributed by atoms with van der Waals surface area (Å²) in [6.45, 7) is 2.75. The van der Waals surface area contributed by atoms with Crippen LogP contribution in [-0.4, -0.2) is 40.6 Å². The average Bonchev–Trinajstić information content (AvgIpc) is 3.07. The zero-order valence-electron chi connectivity index (χ0n) is 11.4. The van der Waals surface area contributed by atoms with Crippen LogP contribution in [0.4, 0.5) is 0 Å². The van der Waals surface area contributed by atoms with Crippen molar-refractivity contribution in [3.05, 3.63) is 40.6 Å². The summed E-state index contributed by atoms with van der Waals surface area (Å²) >= 11 is 1.54. The third kappa shape index (κ3) is 2.62. The van der Waals surface area contributed by atoms with Crippen LogP contribution in [0, 0.1) is 5.92 Å². The van der Waals surface area contributed by atoms with Gasteiger partial charge in [-0.05, 0) is 11.4 Å². The molecule has 2 aromatic heterocycles. The summed E-state index contributed by atoms with van der Waals surface area (Å²) in [5, 5.41) is 3.82. The normalized spacial score (nSPS) is 18.6. The molecule has 0 N–H and O–H groups in total. The van der Waals surface area contributed by atoms with Crippen LogP contribution in [0.15, 0.2) is 29.2 Å². The molecule has 1 amide bonds. The first-order valence-corrected chi connectivity index (χ1v) is 7.52. The predicted molar refractivity (Wildman–Crippen MR) is 76.7 cm³/mol. The van der Waals surface area contributed by atoms with Crippen LogP contribution in [0.5, 0.6) is 0 Å². The van der Waals surface area contributed by atoms with Gasteiger partial charge >= 0.3 is 0 Å². The number of imidazole rings is 1. The smallest absolute Gasteiger partial charge is 0.255 e. The summed E-state index contributed by atoms with van der Waals surface area (Å²) in [7, 11) is 1.70. The number of carbonyl (C=O) groups excluding carboxylic acids is 1. The van der Waals surface area contributed by atoms with Crippen molar-refractivity contribution >= 4 is 17.2 Å². The molecule has 3 heterocycles. The molecule has 0 saturated heterocycles. The van der Waals surface area contributed by atoms with Crippen molar-refractivity contribution < 1.29 is 9.53 Å². The molecule has 3 rings (SSSR count). The fourth-order valence-electron chi connectivity index (χ4n) is 2.61. The standard InChI is InChI=1S/C14H17N3O2S/c1-19-9-11-6-16-4-3-15-13(16)8-17(7-11)14(18)12-2-5-20-10-12/h2-5,10-11H,6-9H2,1H3/t11-/m1/s1. The molecule has 20 heavy (non-hydrogen) atoms. The van der Waals surface area contributed by atoms with Gasteiger partial charge in [0.25, 0.3) is 5.91 Å². The molecule has 0 unspecified atom stereocenters. The van der Waals surface area contributed by atoms with Gasteiger partial charge in [0.1, 0.15) is 5.82 Å². The number of rotatable bonds is 3. The number of nitrogens with zero attached hydrogens (tertiary/aromatic N) is 3. The summed E-state index contributed by atoms with van der Waals surface area (Å²) in [5.74, 6) is 1.30. The van der Waals surface area contributed by atoms with Crippen molar-refractivity contribution in [2.75, 3.05) is 20.3 Å². The number of aromatic nitrogens is 2. The van der Waals surface area contributed by atoms with E-state index in [1.165, 1.54) is 0 Å². The van der Waals surface area contributed by atoms with Crippen LogP contribution in [0.3, 0.4) is 0 Å².